The van der Waals surface area contributed by atoms with Crippen LogP contribution < -0.4 is 10.2 Å². The van der Waals surface area contributed by atoms with Crippen LogP contribution in [0.25, 0.3) is 0 Å². The fourth-order valence-corrected chi connectivity index (χ4v) is 6.71. The minimum absolute atomic E-state index is 0.147. The van der Waals surface area contributed by atoms with Crippen LogP contribution >= 0.6 is 11.6 Å². The van der Waals surface area contributed by atoms with Gasteiger partial charge < -0.3 is 5.32 Å². The zero-order valence-electron chi connectivity index (χ0n) is 17.6. The van der Waals surface area contributed by atoms with Gasteiger partial charge in [0.15, 0.2) is 0 Å². The van der Waals surface area contributed by atoms with Crippen molar-refractivity contribution in [1.29, 1.82) is 0 Å². The van der Waals surface area contributed by atoms with Crippen molar-refractivity contribution in [2.45, 2.75) is 31.3 Å². The largest absolute Gasteiger partial charge is 0.324 e. The Morgan fingerprint density at radius 3 is 2.73 bits per heavy atom. The summed E-state index contributed by atoms with van der Waals surface area (Å²) < 4.78 is 0. The summed E-state index contributed by atoms with van der Waals surface area (Å²) in [5.74, 6) is -2.91. The maximum absolute atomic E-state index is 13.9. The SMILES string of the molecule is Cc1cc(Cl)cc2c1NC(=O)[C@@]21[C@@H]2C(=O)N(c3cccc([N+](=O)[O-])c3)C(=O)[C@H]2[C@@H]2CCCN21. The molecule has 0 bridgehead atoms. The molecule has 2 aromatic carbocycles. The van der Waals surface area contributed by atoms with Gasteiger partial charge in [-0.2, -0.15) is 0 Å². The Hall–Kier alpha value is -3.30. The highest BCUT2D eigenvalue weighted by Crippen LogP contribution is 2.61. The number of nitrogens with zero attached hydrogens (tertiary/aromatic N) is 3. The lowest BCUT2D eigenvalue weighted by atomic mass is 9.75. The van der Waals surface area contributed by atoms with Crippen LogP contribution in [0, 0.1) is 28.9 Å². The number of nitro benzene ring substituents is 1. The Morgan fingerprint density at radius 1 is 1.18 bits per heavy atom. The first kappa shape index (κ1) is 20.3. The van der Waals surface area contributed by atoms with E-state index in [4.69, 9.17) is 11.6 Å². The molecule has 1 spiro atoms. The van der Waals surface area contributed by atoms with Crippen molar-refractivity contribution < 1.29 is 19.3 Å². The summed E-state index contributed by atoms with van der Waals surface area (Å²) in [6, 6.07) is 8.68. The number of nitro groups is 1. The molecule has 3 amide bonds. The summed E-state index contributed by atoms with van der Waals surface area (Å²) in [6.45, 7) is 2.43. The second-order valence-electron chi connectivity index (χ2n) is 9.06. The number of fused-ring (bicyclic) bond motifs is 7. The highest BCUT2D eigenvalue weighted by Gasteiger charge is 2.74. The van der Waals surface area contributed by atoms with Crippen molar-refractivity contribution in [1.82, 2.24) is 4.90 Å². The Bertz CT molecular complexity index is 1300. The molecule has 6 rings (SSSR count). The lowest BCUT2D eigenvalue weighted by Crippen LogP contribution is -2.54. The van der Waals surface area contributed by atoms with E-state index in [0.717, 1.165) is 16.9 Å². The number of anilines is 2. The first-order valence-corrected chi connectivity index (χ1v) is 11.2. The molecule has 4 heterocycles. The number of amides is 3. The zero-order chi connectivity index (χ0) is 23.2. The maximum Gasteiger partial charge on any atom is 0.271 e. The first-order valence-electron chi connectivity index (χ1n) is 10.8. The molecule has 0 aromatic heterocycles. The fourth-order valence-electron chi connectivity index (χ4n) is 6.44. The predicted octanol–water partition coefficient (Wildman–Crippen LogP) is 2.99. The number of hydrogen-bond acceptors (Lipinski definition) is 6. The quantitative estimate of drug-likeness (QED) is 0.413. The van der Waals surface area contributed by atoms with Crippen LogP contribution in [0.4, 0.5) is 17.1 Å². The van der Waals surface area contributed by atoms with E-state index >= 15 is 0 Å². The molecular formula is C23H19ClN4O5. The molecular weight excluding hydrogens is 448 g/mol. The van der Waals surface area contributed by atoms with Crippen molar-refractivity contribution >= 4 is 46.4 Å². The molecule has 4 aliphatic rings. The minimum Gasteiger partial charge on any atom is -0.324 e. The zero-order valence-corrected chi connectivity index (χ0v) is 18.3. The third-order valence-corrected chi connectivity index (χ3v) is 7.78. The molecule has 0 unspecified atom stereocenters. The summed E-state index contributed by atoms with van der Waals surface area (Å²) in [5.41, 5.74) is 0.639. The van der Waals surface area contributed by atoms with E-state index in [-0.39, 0.29) is 23.3 Å². The van der Waals surface area contributed by atoms with Crippen LogP contribution in [-0.4, -0.2) is 40.1 Å². The number of halogens is 1. The second-order valence-corrected chi connectivity index (χ2v) is 9.50. The van der Waals surface area contributed by atoms with E-state index in [0.29, 0.717) is 29.2 Å². The molecule has 0 saturated carbocycles. The van der Waals surface area contributed by atoms with Gasteiger partial charge in [0.1, 0.15) is 5.54 Å². The van der Waals surface area contributed by atoms with Gasteiger partial charge in [0, 0.05) is 34.4 Å². The lowest BCUT2D eigenvalue weighted by molar-refractivity contribution is -0.384. The normalized spacial score (nSPS) is 30.1. The average molecular weight is 467 g/mol. The molecule has 2 aromatic rings. The molecule has 1 N–H and O–H groups in total. The van der Waals surface area contributed by atoms with Gasteiger partial charge in [-0.15, -0.1) is 0 Å². The fraction of sp³-hybridized carbons (Fsp3) is 0.348. The molecule has 0 radical (unpaired) electrons. The van der Waals surface area contributed by atoms with E-state index in [1.165, 1.54) is 24.3 Å². The summed E-state index contributed by atoms with van der Waals surface area (Å²) in [4.78, 5) is 55.0. The number of imide groups is 1. The molecule has 33 heavy (non-hydrogen) atoms. The summed E-state index contributed by atoms with van der Waals surface area (Å²) >= 11 is 6.38. The number of carbonyl (C=O) groups is 3. The van der Waals surface area contributed by atoms with Gasteiger partial charge in [-0.3, -0.25) is 29.4 Å². The van der Waals surface area contributed by atoms with E-state index in [1.807, 2.05) is 11.8 Å². The Morgan fingerprint density at radius 2 is 1.97 bits per heavy atom. The van der Waals surface area contributed by atoms with Crippen molar-refractivity contribution in [3.63, 3.8) is 0 Å². The Balaban J connectivity index is 1.55. The first-order chi connectivity index (χ1) is 15.8. The number of rotatable bonds is 2. The lowest BCUT2D eigenvalue weighted by Gasteiger charge is -2.36. The van der Waals surface area contributed by atoms with Crippen molar-refractivity contribution in [3.05, 3.63) is 62.7 Å². The second kappa shape index (κ2) is 6.61. The third kappa shape index (κ3) is 2.38. The summed E-state index contributed by atoms with van der Waals surface area (Å²) in [6.07, 6.45) is 1.49. The molecule has 0 aliphatic carbocycles. The molecule has 3 saturated heterocycles. The monoisotopic (exact) mass is 466 g/mol. The summed E-state index contributed by atoms with van der Waals surface area (Å²) in [5, 5.41) is 14.7. The van der Waals surface area contributed by atoms with Gasteiger partial charge in [-0.1, -0.05) is 17.7 Å². The number of non-ortho nitro benzene ring substituents is 1. The van der Waals surface area contributed by atoms with Gasteiger partial charge in [0.05, 0.1) is 22.4 Å². The topological polar surface area (TPSA) is 113 Å². The number of carbonyl (C=O) groups excluding carboxylic acids is 3. The van der Waals surface area contributed by atoms with Gasteiger partial charge in [-0.05, 0) is 50.1 Å². The van der Waals surface area contributed by atoms with E-state index in [2.05, 4.69) is 5.32 Å². The van der Waals surface area contributed by atoms with Crippen LogP contribution in [0.1, 0.15) is 24.0 Å². The highest BCUT2D eigenvalue weighted by atomic mass is 35.5. The number of nitrogens with one attached hydrogen (secondary N) is 1. The Kier molecular flexibility index (Phi) is 4.07. The molecule has 9 nitrogen and oxygen atoms in total. The van der Waals surface area contributed by atoms with Crippen LogP contribution in [-0.2, 0) is 19.9 Å². The van der Waals surface area contributed by atoms with Crippen molar-refractivity contribution in [3.8, 4) is 0 Å². The van der Waals surface area contributed by atoms with Gasteiger partial charge in [-0.25, -0.2) is 4.90 Å². The van der Waals surface area contributed by atoms with Crippen LogP contribution in [0.2, 0.25) is 5.02 Å². The molecule has 10 heteroatoms. The van der Waals surface area contributed by atoms with Gasteiger partial charge in [0.2, 0.25) is 17.7 Å². The Labute approximate surface area is 193 Å². The summed E-state index contributed by atoms with van der Waals surface area (Å²) in [7, 11) is 0. The van der Waals surface area contributed by atoms with Gasteiger partial charge in [0.25, 0.3) is 5.69 Å². The maximum atomic E-state index is 13.9. The number of hydrogen-bond donors (Lipinski definition) is 1. The predicted molar refractivity (Wildman–Crippen MR) is 119 cm³/mol. The van der Waals surface area contributed by atoms with Crippen LogP contribution in [0.5, 0.6) is 0 Å². The number of aryl methyl sites for hydroxylation is 1. The van der Waals surface area contributed by atoms with Crippen LogP contribution in [0.15, 0.2) is 36.4 Å². The minimum atomic E-state index is -1.33. The van der Waals surface area contributed by atoms with Gasteiger partial charge >= 0.3 is 0 Å². The van der Waals surface area contributed by atoms with E-state index in [9.17, 15) is 24.5 Å². The molecule has 3 fully saturated rings. The molecule has 4 aliphatic heterocycles. The number of benzene rings is 2. The highest BCUT2D eigenvalue weighted by molar-refractivity contribution is 6.31. The molecule has 4 atom stereocenters. The van der Waals surface area contributed by atoms with Crippen molar-refractivity contribution in [2.75, 3.05) is 16.8 Å². The van der Waals surface area contributed by atoms with Crippen LogP contribution in [0.3, 0.4) is 0 Å². The molecule has 168 valence electrons. The third-order valence-electron chi connectivity index (χ3n) is 7.56. The standard InChI is InChI=1S/C23H19ClN4O5/c1-11-8-12(24)9-15-19(11)25-22(31)23(15)18-17(16-6-3-7-26(16)23)20(29)27(21(18)30)13-4-2-5-14(10-13)28(32)33/h2,4-5,8-10,16-18H,3,6-7H2,1H3,(H,25,31)/t16-,17-,18-,23-/m0/s1. The smallest absolute Gasteiger partial charge is 0.271 e. The average Bonchev–Trinajstić information content (AvgIpc) is 3.47. The van der Waals surface area contributed by atoms with E-state index in [1.54, 1.807) is 12.1 Å². The van der Waals surface area contributed by atoms with E-state index < -0.39 is 34.1 Å². The van der Waals surface area contributed by atoms with Crippen molar-refractivity contribution in [2.24, 2.45) is 11.8 Å².